The number of hydrazone groups is 1. The number of ether oxygens (including phenoxy) is 3. The highest BCUT2D eigenvalue weighted by Crippen LogP contribution is 2.12. The molecule has 3 amide bonds. The number of hydroxylamine groups is 2. The van der Waals surface area contributed by atoms with Crippen molar-refractivity contribution >= 4 is 24.2 Å². The molecule has 11 heteroatoms. The van der Waals surface area contributed by atoms with Crippen LogP contribution in [0.4, 0.5) is 14.4 Å². The third-order valence-electron chi connectivity index (χ3n) is 3.25. The number of hydrogen-bond acceptors (Lipinski definition) is 8. The molecule has 0 saturated heterocycles. The topological polar surface area (TPSA) is 128 Å². The van der Waals surface area contributed by atoms with Crippen LogP contribution in [0.1, 0.15) is 60.5 Å². The molecule has 0 bridgehead atoms. The molecule has 1 rings (SSSR count). The predicted octanol–water partition coefficient (Wildman–Crippen LogP) is 4.29. The molecule has 0 aliphatic heterocycles. The Balaban J connectivity index is 3.05. The molecule has 33 heavy (non-hydrogen) atoms. The van der Waals surface area contributed by atoms with E-state index in [1.165, 1.54) is 0 Å². The number of benzene rings is 1. The Morgan fingerprint density at radius 3 is 2.09 bits per heavy atom. The monoisotopic (exact) mass is 466 g/mol. The minimum absolute atomic E-state index is 0.000857. The van der Waals surface area contributed by atoms with E-state index < -0.39 is 35.4 Å². The summed E-state index contributed by atoms with van der Waals surface area (Å²) >= 11 is 0. The summed E-state index contributed by atoms with van der Waals surface area (Å²) in [6, 6.07) is 9.02. The fourth-order valence-corrected chi connectivity index (χ4v) is 2.06. The number of guanidine groups is 1. The van der Waals surface area contributed by atoms with Gasteiger partial charge in [0.05, 0.1) is 6.61 Å². The lowest BCUT2D eigenvalue weighted by Crippen LogP contribution is -2.50. The smallest absolute Gasteiger partial charge is 0.442 e. The van der Waals surface area contributed by atoms with Gasteiger partial charge in [-0.05, 0) is 53.5 Å². The number of carbonyl (C=O) groups excluding carboxylic acids is 3. The molecule has 184 valence electrons. The maximum absolute atomic E-state index is 12.7. The van der Waals surface area contributed by atoms with E-state index in [0.29, 0.717) is 11.5 Å². The standard InChI is InChI=1S/C22H34N4O7/c1-8-14-31-26(20(29)33-22(5,6)7)17(23-18(27)32-21(2,3)4)24-25-19(28)30-15-16-12-10-9-11-13-16/h9-13H,8,14-15H2,1-7H3,(H,25,28)(H,23,24,27). The molecule has 2 N–H and O–H groups in total. The molecule has 0 aliphatic carbocycles. The minimum atomic E-state index is -0.954. The van der Waals surface area contributed by atoms with Gasteiger partial charge in [-0.15, -0.1) is 10.2 Å². The molecule has 0 heterocycles. The Morgan fingerprint density at radius 2 is 1.55 bits per heavy atom. The SMILES string of the molecule is CCCON(C(=O)OC(C)(C)C)C(=NNC(=O)OCc1ccccc1)NC(=O)OC(C)(C)C. The van der Waals surface area contributed by atoms with E-state index in [2.05, 4.69) is 15.8 Å². The second-order valence-corrected chi connectivity index (χ2v) is 8.84. The zero-order valence-corrected chi connectivity index (χ0v) is 20.3. The van der Waals surface area contributed by atoms with E-state index >= 15 is 0 Å². The quantitative estimate of drug-likeness (QED) is 0.277. The molecule has 1 aromatic rings. The second kappa shape index (κ2) is 12.6. The van der Waals surface area contributed by atoms with Crippen molar-refractivity contribution in [2.24, 2.45) is 5.10 Å². The number of nitrogens with zero attached hydrogens (tertiary/aromatic N) is 2. The molecular formula is C22H34N4O7. The van der Waals surface area contributed by atoms with Crippen LogP contribution in [0.25, 0.3) is 0 Å². The summed E-state index contributed by atoms with van der Waals surface area (Å²) < 4.78 is 15.6. The van der Waals surface area contributed by atoms with Crippen LogP contribution >= 0.6 is 0 Å². The zero-order valence-electron chi connectivity index (χ0n) is 20.3. The summed E-state index contributed by atoms with van der Waals surface area (Å²) in [6.45, 7) is 11.9. The highest BCUT2D eigenvalue weighted by molar-refractivity contribution is 6.00. The lowest BCUT2D eigenvalue weighted by Gasteiger charge is -2.27. The average molecular weight is 467 g/mol. The predicted molar refractivity (Wildman–Crippen MR) is 121 cm³/mol. The van der Waals surface area contributed by atoms with Crippen LogP contribution < -0.4 is 10.7 Å². The van der Waals surface area contributed by atoms with Gasteiger partial charge >= 0.3 is 18.3 Å². The number of nitrogens with one attached hydrogen (secondary N) is 2. The molecule has 11 nitrogen and oxygen atoms in total. The lowest BCUT2D eigenvalue weighted by atomic mass is 10.2. The van der Waals surface area contributed by atoms with Gasteiger partial charge in [-0.3, -0.25) is 10.2 Å². The van der Waals surface area contributed by atoms with Crippen molar-refractivity contribution in [2.45, 2.75) is 72.7 Å². The lowest BCUT2D eigenvalue weighted by molar-refractivity contribution is -0.102. The first-order chi connectivity index (χ1) is 15.3. The van der Waals surface area contributed by atoms with E-state index in [1.807, 2.05) is 13.0 Å². The van der Waals surface area contributed by atoms with Crippen LogP contribution in [0.3, 0.4) is 0 Å². The highest BCUT2D eigenvalue weighted by Gasteiger charge is 2.30. The number of carbonyl (C=O) groups is 3. The van der Waals surface area contributed by atoms with Crippen molar-refractivity contribution in [3.63, 3.8) is 0 Å². The van der Waals surface area contributed by atoms with Gasteiger partial charge in [0, 0.05) is 0 Å². The van der Waals surface area contributed by atoms with Gasteiger partial charge in [0.1, 0.15) is 17.8 Å². The number of amides is 3. The Labute approximate surface area is 194 Å². The van der Waals surface area contributed by atoms with E-state index in [1.54, 1.807) is 65.8 Å². The largest absolute Gasteiger partial charge is 0.444 e. The maximum atomic E-state index is 12.7. The Kier molecular flexibility index (Phi) is 10.6. The number of alkyl carbamates (subject to hydrolysis) is 1. The normalized spacial score (nSPS) is 11.9. The van der Waals surface area contributed by atoms with Crippen molar-refractivity contribution in [3.8, 4) is 0 Å². The van der Waals surface area contributed by atoms with E-state index in [4.69, 9.17) is 19.0 Å². The molecule has 0 saturated carbocycles. The summed E-state index contributed by atoms with van der Waals surface area (Å²) in [7, 11) is 0. The molecule has 0 radical (unpaired) electrons. The second-order valence-electron chi connectivity index (χ2n) is 8.84. The van der Waals surface area contributed by atoms with Crippen molar-refractivity contribution < 1.29 is 33.4 Å². The molecule has 0 aromatic heterocycles. The number of hydrogen-bond donors (Lipinski definition) is 2. The molecular weight excluding hydrogens is 432 g/mol. The van der Waals surface area contributed by atoms with Crippen LogP contribution in [0.5, 0.6) is 0 Å². The highest BCUT2D eigenvalue weighted by atomic mass is 16.7. The van der Waals surface area contributed by atoms with Crippen molar-refractivity contribution in [2.75, 3.05) is 6.61 Å². The Morgan fingerprint density at radius 1 is 0.939 bits per heavy atom. The molecule has 0 aliphatic rings. The molecule has 0 unspecified atom stereocenters. The van der Waals surface area contributed by atoms with Crippen LogP contribution in [0.15, 0.2) is 35.4 Å². The minimum Gasteiger partial charge on any atom is -0.444 e. The summed E-state index contributed by atoms with van der Waals surface area (Å²) in [5, 5.41) is 6.72. The Hall–Kier alpha value is -3.34. The van der Waals surface area contributed by atoms with Gasteiger partial charge in [0.15, 0.2) is 0 Å². The van der Waals surface area contributed by atoms with E-state index in [9.17, 15) is 14.4 Å². The van der Waals surface area contributed by atoms with Gasteiger partial charge in [-0.2, -0.15) is 0 Å². The molecule has 0 atom stereocenters. The third-order valence-corrected chi connectivity index (χ3v) is 3.25. The van der Waals surface area contributed by atoms with Crippen LogP contribution in [0.2, 0.25) is 0 Å². The Bertz CT molecular complexity index is 814. The average Bonchev–Trinajstić information content (AvgIpc) is 2.68. The summed E-state index contributed by atoms with van der Waals surface area (Å²) in [5.41, 5.74) is 1.21. The van der Waals surface area contributed by atoms with E-state index in [0.717, 1.165) is 5.56 Å². The molecule has 1 aromatic carbocycles. The fourth-order valence-electron chi connectivity index (χ4n) is 2.06. The first-order valence-electron chi connectivity index (χ1n) is 10.5. The zero-order chi connectivity index (χ0) is 25.1. The van der Waals surface area contributed by atoms with Crippen molar-refractivity contribution in [3.05, 3.63) is 35.9 Å². The first-order valence-corrected chi connectivity index (χ1v) is 10.5. The third kappa shape index (κ3) is 12.3. The number of rotatable bonds is 6. The van der Waals surface area contributed by atoms with Gasteiger partial charge in [0.25, 0.3) is 5.96 Å². The maximum Gasteiger partial charge on any atom is 0.442 e. The summed E-state index contributed by atoms with van der Waals surface area (Å²) in [6.07, 6.45) is -2.24. The van der Waals surface area contributed by atoms with Crippen molar-refractivity contribution in [1.29, 1.82) is 0 Å². The van der Waals surface area contributed by atoms with Gasteiger partial charge < -0.3 is 14.2 Å². The fraction of sp³-hybridized carbons (Fsp3) is 0.545. The van der Waals surface area contributed by atoms with Gasteiger partial charge in [-0.1, -0.05) is 37.3 Å². The summed E-state index contributed by atoms with van der Waals surface area (Å²) in [4.78, 5) is 42.5. The van der Waals surface area contributed by atoms with E-state index in [-0.39, 0.29) is 13.2 Å². The first kappa shape index (κ1) is 27.7. The van der Waals surface area contributed by atoms with Crippen molar-refractivity contribution in [1.82, 2.24) is 15.8 Å². The van der Waals surface area contributed by atoms with Crippen LogP contribution in [0, 0.1) is 0 Å². The summed E-state index contributed by atoms with van der Waals surface area (Å²) in [5.74, 6) is -0.469. The van der Waals surface area contributed by atoms with Gasteiger partial charge in [0.2, 0.25) is 0 Å². The molecule has 0 spiro atoms. The van der Waals surface area contributed by atoms with Gasteiger partial charge in [-0.25, -0.2) is 19.8 Å². The molecule has 0 fully saturated rings. The van der Waals surface area contributed by atoms with Crippen LogP contribution in [-0.4, -0.2) is 47.1 Å². The van der Waals surface area contributed by atoms with Crippen LogP contribution in [-0.2, 0) is 25.7 Å².